The van der Waals surface area contributed by atoms with E-state index in [-0.39, 0.29) is 10.8 Å². The highest BCUT2D eigenvalue weighted by atomic mass is 16.6. The van der Waals surface area contributed by atoms with Crippen molar-refractivity contribution in [1.82, 2.24) is 0 Å². The Morgan fingerprint density at radius 2 is 1.92 bits per heavy atom. The van der Waals surface area contributed by atoms with Crippen molar-refractivity contribution < 1.29 is 10.0 Å². The third kappa shape index (κ3) is 2.66. The zero-order valence-electron chi connectivity index (χ0n) is 7.98. The third-order valence-corrected chi connectivity index (χ3v) is 2.96. The van der Waals surface area contributed by atoms with Gasteiger partial charge in [-0.25, -0.2) is 0 Å². The van der Waals surface area contributed by atoms with Gasteiger partial charge >= 0.3 is 0 Å². The van der Waals surface area contributed by atoms with Crippen molar-refractivity contribution in [2.75, 3.05) is 0 Å². The van der Waals surface area contributed by atoms with Crippen LogP contribution in [0.15, 0.2) is 0 Å². The molecule has 0 unspecified atom stereocenters. The van der Waals surface area contributed by atoms with E-state index >= 15 is 0 Å². The van der Waals surface area contributed by atoms with Crippen LogP contribution in [0.1, 0.15) is 39.0 Å². The molecule has 0 spiro atoms. The number of nitrogens with zero attached hydrogens (tertiary/aromatic N) is 1. The fraction of sp³-hybridized carbons (Fsp3) is 1.00. The van der Waals surface area contributed by atoms with Crippen LogP contribution < -0.4 is 0 Å². The van der Waals surface area contributed by atoms with E-state index in [1.54, 1.807) is 0 Å². The normalized spacial score (nSPS) is 23.8. The Kier molecular flexibility index (Phi) is 3.66. The van der Waals surface area contributed by atoms with Gasteiger partial charge in [-0.2, -0.15) is 0 Å². The first kappa shape index (κ1) is 10.4. The third-order valence-electron chi connectivity index (χ3n) is 2.96. The Morgan fingerprint density at radius 3 is 2.38 bits per heavy atom. The van der Waals surface area contributed by atoms with Gasteiger partial charge in [0.1, 0.15) is 6.10 Å². The molecule has 1 aliphatic carbocycles. The van der Waals surface area contributed by atoms with E-state index in [1.165, 1.54) is 13.3 Å². The van der Waals surface area contributed by atoms with E-state index in [9.17, 15) is 15.2 Å². The Bertz CT molecular complexity index is 178. The Hall–Kier alpha value is -0.640. The summed E-state index contributed by atoms with van der Waals surface area (Å²) in [5, 5.41) is 20.1. The molecule has 13 heavy (non-hydrogen) atoms. The van der Waals surface area contributed by atoms with Gasteiger partial charge in [0.05, 0.1) is 0 Å². The molecule has 0 aromatic rings. The molecule has 2 atom stereocenters. The van der Waals surface area contributed by atoms with Crippen LogP contribution in [-0.4, -0.2) is 22.2 Å². The highest BCUT2D eigenvalue weighted by molar-refractivity contribution is 4.76. The van der Waals surface area contributed by atoms with Gasteiger partial charge in [0.25, 0.3) is 0 Å². The Morgan fingerprint density at radius 1 is 1.38 bits per heavy atom. The van der Waals surface area contributed by atoms with Crippen LogP contribution in [0.25, 0.3) is 0 Å². The number of rotatable bonds is 3. The lowest BCUT2D eigenvalue weighted by molar-refractivity contribution is -0.532. The van der Waals surface area contributed by atoms with Gasteiger partial charge < -0.3 is 5.11 Å². The van der Waals surface area contributed by atoms with E-state index in [4.69, 9.17) is 0 Å². The van der Waals surface area contributed by atoms with Crippen molar-refractivity contribution in [2.45, 2.75) is 51.2 Å². The molecular weight excluding hydrogens is 170 g/mol. The zero-order valence-corrected chi connectivity index (χ0v) is 7.98. The molecule has 1 rings (SSSR count). The maximum atomic E-state index is 10.4. The molecule has 0 amide bonds. The summed E-state index contributed by atoms with van der Waals surface area (Å²) in [5.74, 6) is 0.147. The van der Waals surface area contributed by atoms with Crippen LogP contribution in [0.3, 0.4) is 0 Å². The van der Waals surface area contributed by atoms with Crippen LogP contribution in [-0.2, 0) is 0 Å². The highest BCUT2D eigenvalue weighted by Crippen LogP contribution is 2.28. The van der Waals surface area contributed by atoms with E-state index in [0.717, 1.165) is 25.7 Å². The molecule has 0 heterocycles. The van der Waals surface area contributed by atoms with Crippen molar-refractivity contribution >= 4 is 0 Å². The molecule has 1 aliphatic rings. The van der Waals surface area contributed by atoms with Crippen LogP contribution in [0.5, 0.6) is 0 Å². The molecule has 1 fully saturated rings. The molecule has 0 bridgehead atoms. The lowest BCUT2D eigenvalue weighted by Crippen LogP contribution is -2.37. The lowest BCUT2D eigenvalue weighted by Gasteiger charge is -2.26. The van der Waals surface area contributed by atoms with Gasteiger partial charge in [-0.05, 0) is 18.8 Å². The predicted octanol–water partition coefficient (Wildman–Crippen LogP) is 1.59. The van der Waals surface area contributed by atoms with Crippen molar-refractivity contribution in [3.8, 4) is 0 Å². The van der Waals surface area contributed by atoms with Crippen molar-refractivity contribution in [3.05, 3.63) is 10.1 Å². The van der Waals surface area contributed by atoms with E-state index in [1.807, 2.05) is 0 Å². The van der Waals surface area contributed by atoms with Gasteiger partial charge in [0, 0.05) is 11.8 Å². The second-order valence-electron chi connectivity index (χ2n) is 3.91. The summed E-state index contributed by atoms with van der Waals surface area (Å²) in [5.41, 5.74) is 0. The monoisotopic (exact) mass is 187 g/mol. The van der Waals surface area contributed by atoms with Gasteiger partial charge in [0.15, 0.2) is 0 Å². The molecule has 1 saturated carbocycles. The number of nitro groups is 1. The Labute approximate surface area is 78.1 Å². The van der Waals surface area contributed by atoms with Gasteiger partial charge in [-0.1, -0.05) is 19.3 Å². The topological polar surface area (TPSA) is 63.4 Å². The van der Waals surface area contributed by atoms with Gasteiger partial charge in [-0.15, -0.1) is 0 Å². The number of aliphatic hydroxyl groups excluding tert-OH is 1. The second kappa shape index (κ2) is 4.56. The van der Waals surface area contributed by atoms with Crippen molar-refractivity contribution in [1.29, 1.82) is 0 Å². The van der Waals surface area contributed by atoms with Crippen LogP contribution in [0, 0.1) is 16.0 Å². The molecule has 4 heteroatoms. The highest BCUT2D eigenvalue weighted by Gasteiger charge is 2.32. The molecule has 0 aliphatic heterocycles. The molecule has 76 valence electrons. The fourth-order valence-electron chi connectivity index (χ4n) is 1.99. The summed E-state index contributed by atoms with van der Waals surface area (Å²) in [6.07, 6.45) is 4.54. The number of hydrogen-bond acceptors (Lipinski definition) is 3. The number of aliphatic hydroxyl groups is 1. The first-order chi connectivity index (χ1) is 6.13. The quantitative estimate of drug-likeness (QED) is 0.539. The molecule has 0 radical (unpaired) electrons. The summed E-state index contributed by atoms with van der Waals surface area (Å²) >= 11 is 0. The van der Waals surface area contributed by atoms with Crippen LogP contribution >= 0.6 is 0 Å². The molecule has 1 N–H and O–H groups in total. The minimum absolute atomic E-state index is 0.147. The zero-order chi connectivity index (χ0) is 9.84. The first-order valence-corrected chi connectivity index (χ1v) is 4.94. The van der Waals surface area contributed by atoms with Gasteiger partial charge in [0.2, 0.25) is 6.04 Å². The first-order valence-electron chi connectivity index (χ1n) is 4.94. The average molecular weight is 187 g/mol. The van der Waals surface area contributed by atoms with Gasteiger partial charge in [-0.3, -0.25) is 10.1 Å². The summed E-state index contributed by atoms with van der Waals surface area (Å²) < 4.78 is 0. The minimum atomic E-state index is -0.817. The smallest absolute Gasteiger partial charge is 0.236 e. The Balaban J connectivity index is 2.44. The van der Waals surface area contributed by atoms with Crippen molar-refractivity contribution in [3.63, 3.8) is 0 Å². The van der Waals surface area contributed by atoms with E-state index in [0.29, 0.717) is 0 Å². The summed E-state index contributed by atoms with van der Waals surface area (Å²) in [6.45, 7) is 1.49. The molecule has 0 saturated heterocycles. The lowest BCUT2D eigenvalue weighted by atomic mass is 9.83. The largest absolute Gasteiger partial charge is 0.386 e. The second-order valence-corrected chi connectivity index (χ2v) is 3.91. The van der Waals surface area contributed by atoms with Crippen LogP contribution in [0.2, 0.25) is 0 Å². The maximum absolute atomic E-state index is 10.4. The molecular formula is C9H17NO3. The summed E-state index contributed by atoms with van der Waals surface area (Å²) in [4.78, 5) is 10.0. The molecule has 4 nitrogen and oxygen atoms in total. The standard InChI is InChI=1S/C9H17NO3/c1-7(10(12)13)9(11)8-5-3-2-4-6-8/h7-9,11H,2-6H2,1H3/t7-,9+/m1/s1. The summed E-state index contributed by atoms with van der Waals surface area (Å²) in [6, 6.07) is -0.817. The maximum Gasteiger partial charge on any atom is 0.236 e. The van der Waals surface area contributed by atoms with E-state index < -0.39 is 12.1 Å². The molecule has 0 aromatic heterocycles. The minimum Gasteiger partial charge on any atom is -0.386 e. The fourth-order valence-corrected chi connectivity index (χ4v) is 1.99. The number of hydrogen-bond donors (Lipinski definition) is 1. The summed E-state index contributed by atoms with van der Waals surface area (Å²) in [7, 11) is 0. The van der Waals surface area contributed by atoms with Crippen LogP contribution in [0.4, 0.5) is 0 Å². The average Bonchev–Trinajstić information content (AvgIpc) is 2.17. The molecule has 0 aromatic carbocycles. The van der Waals surface area contributed by atoms with Crippen molar-refractivity contribution in [2.24, 2.45) is 5.92 Å². The van der Waals surface area contributed by atoms with E-state index in [2.05, 4.69) is 0 Å². The SMILES string of the molecule is C[C@H]([C@H](O)C1CCCCC1)[N+](=O)[O-]. The predicted molar refractivity (Wildman–Crippen MR) is 49.0 cm³/mol.